The number of hydrogen-bond acceptors (Lipinski definition) is 2. The number of nitrogens with zero attached hydrogens (tertiary/aromatic N) is 2. The van der Waals surface area contributed by atoms with Crippen molar-refractivity contribution < 1.29 is 0 Å². The smallest absolute Gasteiger partial charge is 0.0537 e. The van der Waals surface area contributed by atoms with Gasteiger partial charge in [-0.1, -0.05) is 59.3 Å². The van der Waals surface area contributed by atoms with Crippen LogP contribution in [0.25, 0.3) is 0 Å². The molecule has 0 saturated heterocycles. The first-order valence-corrected chi connectivity index (χ1v) is 8.87. The summed E-state index contributed by atoms with van der Waals surface area (Å²) < 4.78 is 2.18. The van der Waals surface area contributed by atoms with Crippen molar-refractivity contribution >= 4 is 0 Å². The summed E-state index contributed by atoms with van der Waals surface area (Å²) in [4.78, 5) is 0. The third-order valence-electron chi connectivity index (χ3n) is 4.05. The Hall–Kier alpha value is -0.830. The van der Waals surface area contributed by atoms with Crippen LogP contribution >= 0.6 is 0 Å². The molecule has 0 unspecified atom stereocenters. The van der Waals surface area contributed by atoms with Crippen molar-refractivity contribution in [3.05, 3.63) is 17.5 Å². The minimum Gasteiger partial charge on any atom is -0.312 e. The molecule has 0 aliphatic carbocycles. The molecule has 1 rings (SSSR count). The number of hydrogen-bond donors (Lipinski definition) is 1. The molecule has 0 aliphatic rings. The fraction of sp³-hybridized carbons (Fsp3) is 0.833. The van der Waals surface area contributed by atoms with Crippen LogP contribution in [0.15, 0.2) is 6.20 Å². The van der Waals surface area contributed by atoms with E-state index >= 15 is 0 Å². The fourth-order valence-electron chi connectivity index (χ4n) is 2.60. The van der Waals surface area contributed by atoms with Crippen LogP contribution in [-0.2, 0) is 13.1 Å². The lowest BCUT2D eigenvalue weighted by atomic mass is 10.1. The highest BCUT2D eigenvalue weighted by atomic mass is 15.3. The van der Waals surface area contributed by atoms with Crippen LogP contribution in [0.3, 0.4) is 0 Å². The maximum absolute atomic E-state index is 4.54. The van der Waals surface area contributed by atoms with E-state index in [9.17, 15) is 0 Å². The van der Waals surface area contributed by atoms with Crippen molar-refractivity contribution in [3.8, 4) is 0 Å². The third kappa shape index (κ3) is 7.66. The van der Waals surface area contributed by atoms with Gasteiger partial charge in [-0.15, -0.1) is 0 Å². The Kier molecular flexibility index (Phi) is 9.40. The fourth-order valence-corrected chi connectivity index (χ4v) is 2.60. The summed E-state index contributed by atoms with van der Waals surface area (Å²) >= 11 is 0. The van der Waals surface area contributed by atoms with Gasteiger partial charge in [-0.25, -0.2) is 0 Å². The van der Waals surface area contributed by atoms with Gasteiger partial charge in [0.25, 0.3) is 0 Å². The first-order chi connectivity index (χ1) is 10.1. The Balaban J connectivity index is 2.19. The highest BCUT2D eigenvalue weighted by Gasteiger charge is 2.06. The van der Waals surface area contributed by atoms with Gasteiger partial charge >= 0.3 is 0 Å². The molecule has 0 amide bonds. The quantitative estimate of drug-likeness (QED) is 0.567. The molecule has 1 heterocycles. The topological polar surface area (TPSA) is 29.9 Å². The molecule has 0 atom stereocenters. The standard InChI is InChI=1S/C18H35N3/c1-5-6-7-8-9-10-11-12-21-17(4)18(15-20-21)14-19-13-16(2)3/h15-16,19H,5-14H2,1-4H3. The van der Waals surface area contributed by atoms with Gasteiger partial charge in [0.2, 0.25) is 0 Å². The number of aromatic nitrogens is 2. The van der Waals surface area contributed by atoms with E-state index < -0.39 is 0 Å². The molecule has 122 valence electrons. The highest BCUT2D eigenvalue weighted by molar-refractivity contribution is 5.15. The predicted molar refractivity (Wildman–Crippen MR) is 91.5 cm³/mol. The van der Waals surface area contributed by atoms with E-state index in [4.69, 9.17) is 0 Å². The van der Waals surface area contributed by atoms with Gasteiger partial charge < -0.3 is 5.32 Å². The molecule has 0 aromatic carbocycles. The lowest BCUT2D eigenvalue weighted by Gasteiger charge is -2.08. The first kappa shape index (κ1) is 18.2. The van der Waals surface area contributed by atoms with Crippen LogP contribution < -0.4 is 5.32 Å². The zero-order valence-corrected chi connectivity index (χ0v) is 14.6. The van der Waals surface area contributed by atoms with E-state index in [1.165, 1.54) is 56.2 Å². The molecule has 3 nitrogen and oxygen atoms in total. The summed E-state index contributed by atoms with van der Waals surface area (Å²) in [7, 11) is 0. The van der Waals surface area contributed by atoms with Gasteiger partial charge in [0.15, 0.2) is 0 Å². The number of rotatable bonds is 12. The van der Waals surface area contributed by atoms with Crippen LogP contribution in [0, 0.1) is 12.8 Å². The molecule has 0 aliphatic heterocycles. The molecule has 0 spiro atoms. The molecule has 1 N–H and O–H groups in total. The van der Waals surface area contributed by atoms with Crippen LogP contribution in [0.4, 0.5) is 0 Å². The normalized spacial score (nSPS) is 11.5. The molecule has 1 aromatic heterocycles. The average molecular weight is 293 g/mol. The molecule has 0 radical (unpaired) electrons. The van der Waals surface area contributed by atoms with Crippen LogP contribution in [0.1, 0.15) is 77.0 Å². The Bertz CT molecular complexity index is 369. The van der Waals surface area contributed by atoms with Crippen molar-refractivity contribution in [2.24, 2.45) is 5.92 Å². The molecule has 0 saturated carbocycles. The molecule has 3 heteroatoms. The van der Waals surface area contributed by atoms with Crippen molar-refractivity contribution in [1.82, 2.24) is 15.1 Å². The molecule has 1 aromatic rings. The zero-order valence-electron chi connectivity index (χ0n) is 14.6. The number of nitrogens with one attached hydrogen (secondary N) is 1. The van der Waals surface area contributed by atoms with Gasteiger partial charge in [0.05, 0.1) is 6.20 Å². The minimum absolute atomic E-state index is 0.702. The zero-order chi connectivity index (χ0) is 15.5. The summed E-state index contributed by atoms with van der Waals surface area (Å²) in [5.74, 6) is 0.702. The summed E-state index contributed by atoms with van der Waals surface area (Å²) in [6.45, 7) is 12.0. The van der Waals surface area contributed by atoms with Gasteiger partial charge in [-0.05, 0) is 25.8 Å². The van der Waals surface area contributed by atoms with Gasteiger partial charge in [0, 0.05) is 24.3 Å². The van der Waals surface area contributed by atoms with Crippen molar-refractivity contribution in [2.75, 3.05) is 6.54 Å². The Labute approximate surface area is 131 Å². The molecule has 21 heavy (non-hydrogen) atoms. The van der Waals surface area contributed by atoms with Crippen LogP contribution in [-0.4, -0.2) is 16.3 Å². The van der Waals surface area contributed by atoms with E-state index in [1.54, 1.807) is 0 Å². The average Bonchev–Trinajstić information content (AvgIpc) is 2.79. The van der Waals surface area contributed by atoms with Crippen LogP contribution in [0.5, 0.6) is 0 Å². The number of unbranched alkanes of at least 4 members (excludes halogenated alkanes) is 6. The second kappa shape index (κ2) is 10.8. The largest absolute Gasteiger partial charge is 0.312 e. The third-order valence-corrected chi connectivity index (χ3v) is 4.05. The summed E-state index contributed by atoms with van der Waals surface area (Å²) in [5.41, 5.74) is 2.68. The maximum atomic E-state index is 4.54. The first-order valence-electron chi connectivity index (χ1n) is 8.87. The van der Waals surface area contributed by atoms with Gasteiger partial charge in [0.1, 0.15) is 0 Å². The van der Waals surface area contributed by atoms with E-state index in [0.717, 1.165) is 19.6 Å². The summed E-state index contributed by atoms with van der Waals surface area (Å²) in [6.07, 6.45) is 11.5. The lowest BCUT2D eigenvalue weighted by Crippen LogP contribution is -2.19. The SMILES string of the molecule is CCCCCCCCCn1ncc(CNCC(C)C)c1C. The lowest BCUT2D eigenvalue weighted by molar-refractivity contribution is 0.514. The molecular weight excluding hydrogens is 258 g/mol. The predicted octanol–water partition coefficient (Wildman–Crippen LogP) is 4.69. The minimum atomic E-state index is 0.702. The molecule has 0 bridgehead atoms. The van der Waals surface area contributed by atoms with Crippen molar-refractivity contribution in [3.63, 3.8) is 0 Å². The van der Waals surface area contributed by atoms with E-state index in [0.29, 0.717) is 5.92 Å². The van der Waals surface area contributed by atoms with E-state index in [-0.39, 0.29) is 0 Å². The Morgan fingerprint density at radius 1 is 1.10 bits per heavy atom. The second-order valence-electron chi connectivity index (χ2n) is 6.62. The van der Waals surface area contributed by atoms with E-state index in [2.05, 4.69) is 42.8 Å². The monoisotopic (exact) mass is 293 g/mol. The second-order valence-corrected chi connectivity index (χ2v) is 6.62. The van der Waals surface area contributed by atoms with Crippen molar-refractivity contribution in [1.29, 1.82) is 0 Å². The van der Waals surface area contributed by atoms with Crippen molar-refractivity contribution in [2.45, 2.75) is 85.7 Å². The van der Waals surface area contributed by atoms with Gasteiger partial charge in [-0.3, -0.25) is 4.68 Å². The molecule has 0 fully saturated rings. The van der Waals surface area contributed by atoms with E-state index in [1.807, 2.05) is 6.20 Å². The number of aryl methyl sites for hydroxylation is 1. The Morgan fingerprint density at radius 2 is 1.76 bits per heavy atom. The summed E-state index contributed by atoms with van der Waals surface area (Å²) in [5, 5.41) is 8.04. The maximum Gasteiger partial charge on any atom is 0.0537 e. The Morgan fingerprint density at radius 3 is 2.43 bits per heavy atom. The summed E-state index contributed by atoms with van der Waals surface area (Å²) in [6, 6.07) is 0. The van der Waals surface area contributed by atoms with Gasteiger partial charge in [-0.2, -0.15) is 5.10 Å². The highest BCUT2D eigenvalue weighted by Crippen LogP contribution is 2.11. The van der Waals surface area contributed by atoms with Crippen LogP contribution in [0.2, 0.25) is 0 Å². The molecular formula is C18H35N3.